The Morgan fingerprint density at radius 1 is 1.00 bits per heavy atom. The minimum Gasteiger partial charge on any atom is -0.343 e. The van der Waals surface area contributed by atoms with Gasteiger partial charge in [0.25, 0.3) is 0 Å². The first-order valence-corrected chi connectivity index (χ1v) is 4.22. The Hall–Kier alpha value is 0.597. The van der Waals surface area contributed by atoms with Crippen LogP contribution in [0.4, 0.5) is 0 Å². The van der Waals surface area contributed by atoms with Gasteiger partial charge in [-0.1, -0.05) is 44.4 Å². The van der Waals surface area contributed by atoms with Gasteiger partial charge in [-0.15, -0.1) is 0 Å². The third-order valence-corrected chi connectivity index (χ3v) is 2.38. The number of hydrogen-bond acceptors (Lipinski definition) is 0. The van der Waals surface area contributed by atoms with Crippen LogP contribution in [0.15, 0.2) is 0 Å². The molecule has 0 atom stereocenters. The van der Waals surface area contributed by atoms with Crippen LogP contribution in [0.2, 0.25) is 0 Å². The summed E-state index contributed by atoms with van der Waals surface area (Å²) in [5.41, 5.74) is 0. The van der Waals surface area contributed by atoms with E-state index in [9.17, 15) is 0 Å². The SMILES string of the molecule is [CH2-]CC1CCCCCC1.[Li+]. The van der Waals surface area contributed by atoms with Crippen LogP contribution in [0.3, 0.4) is 0 Å². The molecule has 1 fully saturated rings. The fraction of sp³-hybridized carbons (Fsp3) is 0.889. The van der Waals surface area contributed by atoms with Crippen molar-refractivity contribution in [1.82, 2.24) is 0 Å². The van der Waals surface area contributed by atoms with Crippen LogP contribution in [-0.2, 0) is 0 Å². The van der Waals surface area contributed by atoms with Crippen molar-refractivity contribution in [2.24, 2.45) is 5.92 Å². The number of hydrogen-bond donors (Lipinski definition) is 0. The van der Waals surface area contributed by atoms with Gasteiger partial charge in [0, 0.05) is 0 Å². The molecule has 0 heterocycles. The Morgan fingerprint density at radius 3 is 1.90 bits per heavy atom. The molecule has 0 bridgehead atoms. The van der Waals surface area contributed by atoms with Gasteiger partial charge in [0.1, 0.15) is 0 Å². The van der Waals surface area contributed by atoms with Crippen molar-refractivity contribution in [2.75, 3.05) is 0 Å². The molecule has 0 unspecified atom stereocenters. The van der Waals surface area contributed by atoms with Gasteiger partial charge < -0.3 is 6.92 Å². The van der Waals surface area contributed by atoms with Gasteiger partial charge >= 0.3 is 18.9 Å². The van der Waals surface area contributed by atoms with Crippen molar-refractivity contribution >= 4 is 0 Å². The van der Waals surface area contributed by atoms with Crippen molar-refractivity contribution in [3.63, 3.8) is 0 Å². The van der Waals surface area contributed by atoms with Crippen molar-refractivity contribution in [3.05, 3.63) is 6.92 Å². The molecular weight excluding hydrogens is 115 g/mol. The van der Waals surface area contributed by atoms with Gasteiger partial charge in [0.15, 0.2) is 0 Å². The average molecular weight is 132 g/mol. The summed E-state index contributed by atoms with van der Waals surface area (Å²) >= 11 is 0. The maximum Gasteiger partial charge on any atom is 1.00 e. The summed E-state index contributed by atoms with van der Waals surface area (Å²) in [4.78, 5) is 0. The molecule has 0 aromatic carbocycles. The van der Waals surface area contributed by atoms with E-state index in [0.29, 0.717) is 0 Å². The van der Waals surface area contributed by atoms with Crippen LogP contribution in [0.5, 0.6) is 0 Å². The third-order valence-electron chi connectivity index (χ3n) is 2.38. The van der Waals surface area contributed by atoms with E-state index in [2.05, 4.69) is 6.92 Å². The minimum atomic E-state index is 0. The van der Waals surface area contributed by atoms with E-state index in [0.717, 1.165) is 5.92 Å². The smallest absolute Gasteiger partial charge is 0.343 e. The molecule has 0 spiro atoms. The largest absolute Gasteiger partial charge is 1.00 e. The van der Waals surface area contributed by atoms with Crippen molar-refractivity contribution in [1.29, 1.82) is 0 Å². The Labute approximate surface area is 77.0 Å². The van der Waals surface area contributed by atoms with Crippen molar-refractivity contribution in [3.8, 4) is 0 Å². The van der Waals surface area contributed by atoms with E-state index in [1.165, 1.54) is 44.9 Å². The Balaban J connectivity index is 0.000000810. The zero-order valence-electron chi connectivity index (χ0n) is 7.23. The van der Waals surface area contributed by atoms with E-state index in [1.54, 1.807) is 0 Å². The molecular formula is C9H17Li. The first-order valence-electron chi connectivity index (χ1n) is 4.22. The molecule has 1 heteroatoms. The van der Waals surface area contributed by atoms with Crippen molar-refractivity contribution < 1.29 is 18.9 Å². The predicted octanol–water partition coefficient (Wildman–Crippen LogP) is 0.185. The van der Waals surface area contributed by atoms with Crippen LogP contribution >= 0.6 is 0 Å². The van der Waals surface area contributed by atoms with Gasteiger partial charge in [-0.05, 0) is 0 Å². The van der Waals surface area contributed by atoms with Crippen LogP contribution in [-0.4, -0.2) is 0 Å². The molecule has 0 saturated heterocycles. The summed E-state index contributed by atoms with van der Waals surface area (Å²) in [6, 6.07) is 0. The molecule has 1 aliphatic carbocycles. The molecule has 0 aliphatic heterocycles. The molecule has 0 radical (unpaired) electrons. The molecule has 0 nitrogen and oxygen atoms in total. The first-order chi connectivity index (χ1) is 4.43. The minimum absolute atomic E-state index is 0. The molecule has 1 aliphatic rings. The second-order valence-corrected chi connectivity index (χ2v) is 3.15. The van der Waals surface area contributed by atoms with E-state index in [-0.39, 0.29) is 18.9 Å². The summed E-state index contributed by atoms with van der Waals surface area (Å²) in [5.74, 6) is 0.965. The molecule has 0 aromatic rings. The average Bonchev–Trinajstić information content (AvgIpc) is 2.13. The zero-order chi connectivity index (χ0) is 6.53. The third kappa shape index (κ3) is 3.69. The molecule has 0 aromatic heterocycles. The predicted molar refractivity (Wildman–Crippen MR) is 41.2 cm³/mol. The molecule has 10 heavy (non-hydrogen) atoms. The Kier molecular flexibility index (Phi) is 6.69. The maximum atomic E-state index is 3.95. The van der Waals surface area contributed by atoms with Gasteiger partial charge in [0.05, 0.1) is 0 Å². The Morgan fingerprint density at radius 2 is 1.50 bits per heavy atom. The van der Waals surface area contributed by atoms with Gasteiger partial charge in [-0.3, -0.25) is 0 Å². The zero-order valence-corrected chi connectivity index (χ0v) is 7.23. The summed E-state index contributed by atoms with van der Waals surface area (Å²) in [7, 11) is 0. The summed E-state index contributed by atoms with van der Waals surface area (Å²) in [6.45, 7) is 3.95. The maximum absolute atomic E-state index is 3.95. The van der Waals surface area contributed by atoms with Gasteiger partial charge in [-0.25, -0.2) is 0 Å². The van der Waals surface area contributed by atoms with E-state index < -0.39 is 0 Å². The molecule has 1 saturated carbocycles. The quantitative estimate of drug-likeness (QED) is 0.271. The molecule has 0 amide bonds. The van der Waals surface area contributed by atoms with Crippen LogP contribution in [0, 0.1) is 12.8 Å². The van der Waals surface area contributed by atoms with E-state index >= 15 is 0 Å². The van der Waals surface area contributed by atoms with E-state index in [4.69, 9.17) is 0 Å². The van der Waals surface area contributed by atoms with Crippen LogP contribution in [0.1, 0.15) is 44.9 Å². The van der Waals surface area contributed by atoms with Gasteiger partial charge in [-0.2, -0.15) is 6.42 Å². The van der Waals surface area contributed by atoms with Crippen LogP contribution < -0.4 is 18.9 Å². The number of rotatable bonds is 1. The fourth-order valence-electron chi connectivity index (χ4n) is 1.65. The van der Waals surface area contributed by atoms with Gasteiger partial charge in [0.2, 0.25) is 0 Å². The first kappa shape index (κ1) is 10.6. The molecule has 1 rings (SSSR count). The second kappa shape index (κ2) is 6.32. The summed E-state index contributed by atoms with van der Waals surface area (Å²) < 4.78 is 0. The monoisotopic (exact) mass is 132 g/mol. The summed E-state index contributed by atoms with van der Waals surface area (Å²) in [6.07, 6.45) is 9.92. The van der Waals surface area contributed by atoms with Crippen molar-refractivity contribution in [2.45, 2.75) is 44.9 Å². The normalized spacial score (nSPS) is 21.3. The van der Waals surface area contributed by atoms with Crippen LogP contribution in [0.25, 0.3) is 0 Å². The Bertz CT molecular complexity index is 63.1. The summed E-state index contributed by atoms with van der Waals surface area (Å²) in [5, 5.41) is 0. The fourth-order valence-corrected chi connectivity index (χ4v) is 1.65. The van der Waals surface area contributed by atoms with E-state index in [1.807, 2.05) is 0 Å². The standard InChI is InChI=1S/C9H17.Li/c1-2-9-7-5-3-4-6-8-9;/h9H,1-8H2;/q-1;+1. The second-order valence-electron chi connectivity index (χ2n) is 3.15. The molecule has 54 valence electrons. The topological polar surface area (TPSA) is 0 Å². The molecule has 0 N–H and O–H groups in total.